The standard InChI is InChI=1S/C15H23N3O5/c1-10(22-4)13(20)18-12(6-5-11(19)9-17)14(21)23-15(2,3)7-8-16/h9-10,12,17H,5-7H2,1-4H3,(H,18,20)/t10-,12+/m1/s1. The molecule has 0 aliphatic carbocycles. The Morgan fingerprint density at radius 2 is 2.00 bits per heavy atom. The fraction of sp³-hybridized carbons (Fsp3) is 0.667. The molecule has 0 aromatic heterocycles. The number of ketones is 1. The van der Waals surface area contributed by atoms with E-state index in [1.54, 1.807) is 13.8 Å². The van der Waals surface area contributed by atoms with Crippen molar-refractivity contribution in [1.29, 1.82) is 10.7 Å². The number of nitriles is 1. The zero-order chi connectivity index (χ0) is 18.0. The molecule has 0 aliphatic rings. The van der Waals surface area contributed by atoms with Gasteiger partial charge in [-0.2, -0.15) is 5.26 Å². The molecule has 0 spiro atoms. The number of carbonyl (C=O) groups is 3. The molecule has 8 heteroatoms. The van der Waals surface area contributed by atoms with Crippen LogP contribution < -0.4 is 5.32 Å². The molecule has 0 saturated heterocycles. The molecule has 0 aliphatic heterocycles. The van der Waals surface area contributed by atoms with Gasteiger partial charge in [0, 0.05) is 13.5 Å². The first-order chi connectivity index (χ1) is 10.7. The highest BCUT2D eigenvalue weighted by Crippen LogP contribution is 2.16. The lowest BCUT2D eigenvalue weighted by Crippen LogP contribution is -2.48. The molecule has 0 aromatic carbocycles. The molecule has 0 heterocycles. The second-order valence-corrected chi connectivity index (χ2v) is 5.60. The Balaban J connectivity index is 4.98. The number of Topliss-reactive ketones (excluding diaryl/α,β-unsaturated/α-hetero) is 1. The molecule has 0 fully saturated rings. The number of hydrogen-bond acceptors (Lipinski definition) is 7. The fourth-order valence-corrected chi connectivity index (χ4v) is 1.57. The molecule has 8 nitrogen and oxygen atoms in total. The van der Waals surface area contributed by atoms with Gasteiger partial charge in [0.15, 0.2) is 5.78 Å². The number of nitrogens with one attached hydrogen (secondary N) is 2. The zero-order valence-corrected chi connectivity index (χ0v) is 13.8. The minimum absolute atomic E-state index is 0.00213. The monoisotopic (exact) mass is 325 g/mol. The lowest BCUT2D eigenvalue weighted by Gasteiger charge is -2.26. The van der Waals surface area contributed by atoms with E-state index in [0.717, 1.165) is 0 Å². The SMILES string of the molecule is CO[C@H](C)C(=O)N[C@@H](CCC(=O)C=N)C(=O)OC(C)(C)CC#N. The van der Waals surface area contributed by atoms with Crippen molar-refractivity contribution >= 4 is 23.9 Å². The third kappa shape index (κ3) is 8.07. The zero-order valence-electron chi connectivity index (χ0n) is 13.8. The van der Waals surface area contributed by atoms with Crippen LogP contribution in [0.1, 0.15) is 40.0 Å². The van der Waals surface area contributed by atoms with Crippen LogP contribution in [0.25, 0.3) is 0 Å². The number of rotatable bonds is 10. The van der Waals surface area contributed by atoms with Gasteiger partial charge in [-0.3, -0.25) is 9.59 Å². The van der Waals surface area contributed by atoms with Crippen molar-refractivity contribution in [3.63, 3.8) is 0 Å². The van der Waals surface area contributed by atoms with E-state index in [9.17, 15) is 14.4 Å². The van der Waals surface area contributed by atoms with Gasteiger partial charge in [0.2, 0.25) is 5.91 Å². The lowest BCUT2D eigenvalue weighted by atomic mass is 10.1. The van der Waals surface area contributed by atoms with Gasteiger partial charge >= 0.3 is 5.97 Å². The molecule has 0 rings (SSSR count). The van der Waals surface area contributed by atoms with E-state index in [0.29, 0.717) is 6.21 Å². The Bertz CT molecular complexity index is 496. The molecule has 0 saturated carbocycles. The van der Waals surface area contributed by atoms with Crippen molar-refractivity contribution in [1.82, 2.24) is 5.32 Å². The topological polar surface area (TPSA) is 129 Å². The van der Waals surface area contributed by atoms with Crippen molar-refractivity contribution in [3.8, 4) is 6.07 Å². The molecule has 2 atom stereocenters. The van der Waals surface area contributed by atoms with Gasteiger partial charge in [-0.15, -0.1) is 0 Å². The Morgan fingerprint density at radius 3 is 2.48 bits per heavy atom. The van der Waals surface area contributed by atoms with E-state index in [2.05, 4.69) is 5.32 Å². The van der Waals surface area contributed by atoms with Crippen LogP contribution in [0.2, 0.25) is 0 Å². The van der Waals surface area contributed by atoms with Crippen molar-refractivity contribution in [2.24, 2.45) is 0 Å². The van der Waals surface area contributed by atoms with Crippen LogP contribution in [0.3, 0.4) is 0 Å². The highest BCUT2D eigenvalue weighted by Gasteiger charge is 2.30. The van der Waals surface area contributed by atoms with Crippen LogP contribution in [0.15, 0.2) is 0 Å². The quantitative estimate of drug-likeness (QED) is 0.450. The third-order valence-electron chi connectivity index (χ3n) is 3.05. The molecule has 128 valence electrons. The second kappa shape index (κ2) is 9.69. The van der Waals surface area contributed by atoms with Crippen molar-refractivity contribution in [2.75, 3.05) is 7.11 Å². The summed E-state index contributed by atoms with van der Waals surface area (Å²) in [5.74, 6) is -1.72. The van der Waals surface area contributed by atoms with Crippen LogP contribution in [0.4, 0.5) is 0 Å². The van der Waals surface area contributed by atoms with Gasteiger partial charge < -0.3 is 20.2 Å². The van der Waals surface area contributed by atoms with E-state index >= 15 is 0 Å². The maximum Gasteiger partial charge on any atom is 0.329 e. The summed E-state index contributed by atoms with van der Waals surface area (Å²) in [4.78, 5) is 35.3. The van der Waals surface area contributed by atoms with Gasteiger partial charge in [-0.1, -0.05) is 0 Å². The fourth-order valence-electron chi connectivity index (χ4n) is 1.57. The summed E-state index contributed by atoms with van der Waals surface area (Å²) in [5, 5.41) is 18.0. The summed E-state index contributed by atoms with van der Waals surface area (Å²) in [6.45, 7) is 4.67. The molecule has 23 heavy (non-hydrogen) atoms. The van der Waals surface area contributed by atoms with Crippen molar-refractivity contribution < 1.29 is 23.9 Å². The summed E-state index contributed by atoms with van der Waals surface area (Å²) in [5.41, 5.74) is -1.01. The molecule has 0 radical (unpaired) electrons. The summed E-state index contributed by atoms with van der Waals surface area (Å²) in [7, 11) is 1.35. The number of esters is 1. The average Bonchev–Trinajstić information content (AvgIpc) is 2.48. The first-order valence-corrected chi connectivity index (χ1v) is 7.13. The van der Waals surface area contributed by atoms with Crippen LogP contribution in [-0.2, 0) is 23.9 Å². The van der Waals surface area contributed by atoms with E-state index in [1.165, 1.54) is 14.0 Å². The van der Waals surface area contributed by atoms with Crippen LogP contribution in [0.5, 0.6) is 0 Å². The Hall–Kier alpha value is -2.27. The molecular weight excluding hydrogens is 302 g/mol. The lowest BCUT2D eigenvalue weighted by molar-refractivity contribution is -0.160. The van der Waals surface area contributed by atoms with E-state index < -0.39 is 35.4 Å². The summed E-state index contributed by atoms with van der Waals surface area (Å²) < 4.78 is 10.1. The number of carbonyl (C=O) groups excluding carboxylic acids is 3. The minimum Gasteiger partial charge on any atom is -0.457 e. The average molecular weight is 325 g/mol. The summed E-state index contributed by atoms with van der Waals surface area (Å²) in [6, 6.07) is 0.858. The summed E-state index contributed by atoms with van der Waals surface area (Å²) in [6.07, 6.45) is -0.202. The number of ether oxygens (including phenoxy) is 2. The van der Waals surface area contributed by atoms with Crippen LogP contribution >= 0.6 is 0 Å². The van der Waals surface area contributed by atoms with Gasteiger partial charge in [0.25, 0.3) is 0 Å². The van der Waals surface area contributed by atoms with E-state index in [-0.39, 0.29) is 19.3 Å². The van der Waals surface area contributed by atoms with Crippen molar-refractivity contribution in [3.05, 3.63) is 0 Å². The molecule has 0 bridgehead atoms. The van der Waals surface area contributed by atoms with Gasteiger partial charge in [-0.25, -0.2) is 4.79 Å². The smallest absolute Gasteiger partial charge is 0.329 e. The largest absolute Gasteiger partial charge is 0.457 e. The number of amides is 1. The van der Waals surface area contributed by atoms with Crippen LogP contribution in [-0.4, -0.2) is 48.7 Å². The highest BCUT2D eigenvalue weighted by molar-refractivity contribution is 6.26. The normalized spacial score (nSPS) is 13.3. The van der Waals surface area contributed by atoms with E-state index in [1.807, 2.05) is 6.07 Å². The Kier molecular flexibility index (Phi) is 8.73. The Morgan fingerprint density at radius 1 is 1.39 bits per heavy atom. The van der Waals surface area contributed by atoms with Gasteiger partial charge in [0.1, 0.15) is 17.7 Å². The first-order valence-electron chi connectivity index (χ1n) is 7.13. The highest BCUT2D eigenvalue weighted by atomic mass is 16.6. The van der Waals surface area contributed by atoms with Crippen molar-refractivity contribution in [2.45, 2.75) is 57.8 Å². The molecule has 0 aromatic rings. The minimum atomic E-state index is -1.05. The van der Waals surface area contributed by atoms with E-state index in [4.69, 9.17) is 20.1 Å². The predicted octanol–water partition coefficient (Wildman–Crippen LogP) is 0.740. The summed E-state index contributed by atoms with van der Waals surface area (Å²) >= 11 is 0. The van der Waals surface area contributed by atoms with Gasteiger partial charge in [0.05, 0.1) is 18.7 Å². The predicted molar refractivity (Wildman–Crippen MR) is 81.8 cm³/mol. The molecule has 1 amide bonds. The van der Waals surface area contributed by atoms with Gasteiger partial charge in [-0.05, 0) is 27.2 Å². The maximum atomic E-state index is 12.2. The second-order valence-electron chi connectivity index (χ2n) is 5.60. The number of hydrogen-bond donors (Lipinski definition) is 2. The number of nitrogens with zero attached hydrogens (tertiary/aromatic N) is 1. The molecule has 2 N–H and O–H groups in total. The third-order valence-corrected chi connectivity index (χ3v) is 3.05. The maximum absolute atomic E-state index is 12.2. The molecular formula is C15H23N3O5. The molecule has 0 unspecified atom stereocenters. The number of methoxy groups -OCH3 is 1. The Labute approximate surface area is 135 Å². The first kappa shape index (κ1) is 20.7. The van der Waals surface area contributed by atoms with Crippen LogP contribution in [0, 0.1) is 16.7 Å².